The molecule has 0 spiro atoms. The first-order chi connectivity index (χ1) is 15.3. The molecule has 0 radical (unpaired) electrons. The topological polar surface area (TPSA) is 90.3 Å². The summed E-state index contributed by atoms with van der Waals surface area (Å²) in [6.45, 7) is 3.80. The minimum atomic E-state index is -1.09. The lowest BCUT2D eigenvalue weighted by Gasteiger charge is -2.14. The summed E-state index contributed by atoms with van der Waals surface area (Å²) in [4.78, 5) is 43.9. The number of fused-ring (bicyclic) bond motifs is 2. The van der Waals surface area contributed by atoms with E-state index < -0.39 is 18.0 Å². The average Bonchev–Trinajstić information content (AvgIpc) is 2.92. The molecule has 32 heavy (non-hydrogen) atoms. The predicted octanol–water partition coefficient (Wildman–Crippen LogP) is 4.98. The molecule has 4 rings (SSSR count). The molecule has 1 aromatic carbocycles. The quantitative estimate of drug-likeness (QED) is 0.517. The van der Waals surface area contributed by atoms with Crippen molar-refractivity contribution in [2.75, 3.05) is 5.32 Å². The summed E-state index contributed by atoms with van der Waals surface area (Å²) in [7, 11) is 0. The van der Waals surface area contributed by atoms with Gasteiger partial charge >= 0.3 is 5.97 Å². The van der Waals surface area contributed by atoms with Crippen molar-refractivity contribution in [2.45, 2.75) is 52.2 Å². The molecule has 0 aliphatic carbocycles. The van der Waals surface area contributed by atoms with E-state index >= 15 is 0 Å². The van der Waals surface area contributed by atoms with Crippen molar-refractivity contribution < 1.29 is 14.3 Å². The third-order valence-electron chi connectivity index (χ3n) is 5.46. The first-order valence-electron chi connectivity index (χ1n) is 10.3. The molecule has 0 fully saturated rings. The van der Waals surface area contributed by atoms with Crippen molar-refractivity contribution >= 4 is 62.3 Å². The Bertz CT molecular complexity index is 1280. The van der Waals surface area contributed by atoms with Crippen molar-refractivity contribution in [1.29, 1.82) is 0 Å². The number of nitrogens with zero attached hydrogens (tertiary/aromatic N) is 2. The summed E-state index contributed by atoms with van der Waals surface area (Å²) < 4.78 is 7.10. The fourth-order valence-corrected chi connectivity index (χ4v) is 5.13. The fourth-order valence-electron chi connectivity index (χ4n) is 3.71. The summed E-state index contributed by atoms with van der Waals surface area (Å²) in [5.74, 6) is -0.469. The summed E-state index contributed by atoms with van der Waals surface area (Å²) >= 11 is 13.2. The Labute approximate surface area is 198 Å². The number of aromatic nitrogens is 2. The first kappa shape index (κ1) is 22.8. The Kier molecular flexibility index (Phi) is 6.55. The van der Waals surface area contributed by atoms with E-state index in [4.69, 9.17) is 27.9 Å². The number of esters is 1. The van der Waals surface area contributed by atoms with E-state index in [0.29, 0.717) is 33.0 Å². The zero-order chi connectivity index (χ0) is 23.0. The van der Waals surface area contributed by atoms with Crippen molar-refractivity contribution in [1.82, 2.24) is 9.55 Å². The molecule has 0 saturated heterocycles. The number of carbonyl (C=O) groups excluding carboxylic acids is 2. The van der Waals surface area contributed by atoms with Gasteiger partial charge in [-0.25, -0.2) is 9.78 Å². The molecule has 0 bridgehead atoms. The number of hydrogen-bond acceptors (Lipinski definition) is 6. The van der Waals surface area contributed by atoms with Crippen LogP contribution in [0.3, 0.4) is 0 Å². The monoisotopic (exact) mass is 493 g/mol. The van der Waals surface area contributed by atoms with Crippen LogP contribution in [0.15, 0.2) is 23.0 Å². The standard InChI is InChI=1S/C22H21Cl2N3O4S/c1-11-16-20(26-15-9-4-3-5-10-27(15)21(16)29)32-18(11)22(30)31-12(2)19(28)25-14-8-6-7-13(23)17(14)24/h6-8,12H,3-5,9-10H2,1-2H3,(H,25,28). The van der Waals surface area contributed by atoms with Gasteiger partial charge in [0.2, 0.25) is 0 Å². The third-order valence-corrected chi connectivity index (χ3v) is 7.44. The molecule has 2 aromatic heterocycles. The summed E-state index contributed by atoms with van der Waals surface area (Å²) in [6.07, 6.45) is 2.63. The number of amides is 1. The molecule has 1 atom stereocenters. The molecule has 3 heterocycles. The minimum absolute atomic E-state index is 0.124. The van der Waals surface area contributed by atoms with Crippen LogP contribution < -0.4 is 10.9 Å². The van der Waals surface area contributed by atoms with Crippen molar-refractivity contribution in [3.63, 3.8) is 0 Å². The number of anilines is 1. The molecule has 3 aromatic rings. The summed E-state index contributed by atoms with van der Waals surface area (Å²) in [6, 6.07) is 4.84. The number of nitrogens with one attached hydrogen (secondary N) is 1. The van der Waals surface area contributed by atoms with Crippen LogP contribution in [0.4, 0.5) is 5.69 Å². The maximum absolute atomic E-state index is 13.1. The van der Waals surface area contributed by atoms with Crippen LogP contribution in [0.5, 0.6) is 0 Å². The Morgan fingerprint density at radius 3 is 2.81 bits per heavy atom. The van der Waals surface area contributed by atoms with Crippen molar-refractivity contribution in [2.24, 2.45) is 0 Å². The van der Waals surface area contributed by atoms with Crippen molar-refractivity contribution in [3.05, 3.63) is 54.9 Å². The van der Waals surface area contributed by atoms with E-state index in [-0.39, 0.29) is 15.5 Å². The van der Waals surface area contributed by atoms with Gasteiger partial charge in [0.25, 0.3) is 11.5 Å². The van der Waals surface area contributed by atoms with Crippen LogP contribution in [0.25, 0.3) is 10.2 Å². The Hall–Kier alpha value is -2.42. The second kappa shape index (κ2) is 9.21. The van der Waals surface area contributed by atoms with E-state index in [9.17, 15) is 14.4 Å². The highest BCUT2D eigenvalue weighted by atomic mass is 35.5. The average molecular weight is 494 g/mol. The zero-order valence-corrected chi connectivity index (χ0v) is 19.9. The van der Waals surface area contributed by atoms with E-state index in [1.807, 2.05) is 0 Å². The third kappa shape index (κ3) is 4.27. The fraction of sp³-hybridized carbons (Fsp3) is 0.364. The van der Waals surface area contributed by atoms with Gasteiger partial charge in [-0.1, -0.05) is 35.7 Å². The number of rotatable bonds is 4. The van der Waals surface area contributed by atoms with Crippen molar-refractivity contribution in [3.8, 4) is 0 Å². The van der Waals surface area contributed by atoms with Crippen LogP contribution >= 0.6 is 34.5 Å². The molecule has 1 N–H and O–H groups in total. The number of ether oxygens (including phenoxy) is 1. The Morgan fingerprint density at radius 1 is 1.25 bits per heavy atom. The van der Waals surface area contributed by atoms with Gasteiger partial charge in [0.05, 0.1) is 21.1 Å². The maximum atomic E-state index is 13.1. The first-order valence-corrected chi connectivity index (χ1v) is 11.8. The van der Waals surface area contributed by atoms with Crippen LogP contribution in [0, 0.1) is 6.92 Å². The van der Waals surface area contributed by atoms with Gasteiger partial charge in [0.1, 0.15) is 15.5 Å². The predicted molar refractivity (Wildman–Crippen MR) is 126 cm³/mol. The lowest BCUT2D eigenvalue weighted by atomic mass is 10.2. The Morgan fingerprint density at radius 2 is 2.03 bits per heavy atom. The van der Waals surface area contributed by atoms with Gasteiger partial charge in [-0.15, -0.1) is 11.3 Å². The van der Waals surface area contributed by atoms with Crippen LogP contribution in [0.2, 0.25) is 10.0 Å². The minimum Gasteiger partial charge on any atom is -0.448 e. The molecular formula is C22H21Cl2N3O4S. The molecule has 10 heteroatoms. The van der Waals surface area contributed by atoms with Crippen LogP contribution in [-0.2, 0) is 22.5 Å². The summed E-state index contributed by atoms with van der Waals surface area (Å²) in [5.41, 5.74) is 0.724. The molecule has 1 aliphatic heterocycles. The maximum Gasteiger partial charge on any atom is 0.349 e. The molecule has 1 unspecified atom stereocenters. The lowest BCUT2D eigenvalue weighted by molar-refractivity contribution is -0.123. The largest absolute Gasteiger partial charge is 0.448 e. The van der Waals surface area contributed by atoms with Gasteiger partial charge in [-0.2, -0.15) is 0 Å². The highest BCUT2D eigenvalue weighted by molar-refractivity contribution is 7.20. The lowest BCUT2D eigenvalue weighted by Crippen LogP contribution is -2.30. The summed E-state index contributed by atoms with van der Waals surface area (Å²) in [5, 5.41) is 3.55. The molecule has 168 valence electrons. The highest BCUT2D eigenvalue weighted by Gasteiger charge is 2.26. The number of hydrogen-bond donors (Lipinski definition) is 1. The number of halogens is 2. The molecule has 1 aliphatic rings. The van der Waals surface area contributed by atoms with Gasteiger partial charge in [0.15, 0.2) is 6.10 Å². The van der Waals surface area contributed by atoms with Crippen LogP contribution in [0.1, 0.15) is 47.2 Å². The van der Waals surface area contributed by atoms with Gasteiger partial charge < -0.3 is 10.1 Å². The zero-order valence-electron chi connectivity index (χ0n) is 17.5. The van der Waals surface area contributed by atoms with E-state index in [1.54, 1.807) is 29.7 Å². The van der Waals surface area contributed by atoms with Gasteiger partial charge in [-0.3, -0.25) is 14.2 Å². The number of benzene rings is 1. The molecule has 7 nitrogen and oxygen atoms in total. The highest BCUT2D eigenvalue weighted by Crippen LogP contribution is 2.31. The van der Waals surface area contributed by atoms with E-state index in [1.165, 1.54) is 6.92 Å². The second-order valence-electron chi connectivity index (χ2n) is 7.67. The Balaban J connectivity index is 1.56. The van der Waals surface area contributed by atoms with Gasteiger partial charge in [-0.05, 0) is 44.4 Å². The molecule has 0 saturated carbocycles. The van der Waals surface area contributed by atoms with Crippen LogP contribution in [-0.4, -0.2) is 27.5 Å². The molecular weight excluding hydrogens is 473 g/mol. The van der Waals surface area contributed by atoms with E-state index in [2.05, 4.69) is 10.3 Å². The van der Waals surface area contributed by atoms with Gasteiger partial charge in [0, 0.05) is 13.0 Å². The van der Waals surface area contributed by atoms with E-state index in [0.717, 1.165) is 42.8 Å². The second-order valence-corrected chi connectivity index (χ2v) is 9.45. The number of thiophene rings is 1. The normalized spacial score (nSPS) is 14.5. The molecule has 1 amide bonds. The number of carbonyl (C=O) groups is 2. The SMILES string of the molecule is Cc1c(C(=O)OC(C)C(=O)Nc2cccc(Cl)c2Cl)sc2nc3n(c(=O)c12)CCCCC3. The number of aryl methyl sites for hydroxylation is 2. The smallest absolute Gasteiger partial charge is 0.349 e.